The third kappa shape index (κ3) is 3.72. The van der Waals surface area contributed by atoms with Crippen LogP contribution in [0, 0.1) is 11.3 Å². The Morgan fingerprint density at radius 1 is 1.21 bits per heavy atom. The van der Waals surface area contributed by atoms with Crippen LogP contribution in [-0.4, -0.2) is 51.4 Å². The topological polar surface area (TPSA) is 94.5 Å². The first-order valence-corrected chi connectivity index (χ1v) is 9.15. The quantitative estimate of drug-likeness (QED) is 0.783. The molecule has 28 heavy (non-hydrogen) atoms. The maximum atomic E-state index is 12.3. The normalized spacial score (nSPS) is 19.5. The minimum Gasteiger partial charge on any atom is -0.387 e. The Balaban J connectivity index is 1.80. The minimum atomic E-state index is -0.993. The summed E-state index contributed by atoms with van der Waals surface area (Å²) in [5.41, 5.74) is -1.05. The lowest BCUT2D eigenvalue weighted by atomic mass is 10.0. The van der Waals surface area contributed by atoms with Gasteiger partial charge >= 0.3 is 5.69 Å². The van der Waals surface area contributed by atoms with Gasteiger partial charge in [0.2, 0.25) is 0 Å². The third-order valence-electron chi connectivity index (χ3n) is 5.30. The molecule has 1 N–H and O–H groups in total. The third-order valence-corrected chi connectivity index (χ3v) is 5.30. The lowest BCUT2D eigenvalue weighted by Crippen LogP contribution is -2.47. The van der Waals surface area contributed by atoms with Crippen molar-refractivity contribution in [1.82, 2.24) is 14.0 Å². The number of hydrogen-bond acceptors (Lipinski definition) is 6. The fourth-order valence-electron chi connectivity index (χ4n) is 3.94. The van der Waals surface area contributed by atoms with Crippen LogP contribution in [0.5, 0.6) is 0 Å². The summed E-state index contributed by atoms with van der Waals surface area (Å²) in [5.74, 6) is 0.227. The van der Waals surface area contributed by atoms with Crippen molar-refractivity contribution in [2.24, 2.45) is 14.1 Å². The molecule has 148 valence electrons. The van der Waals surface area contributed by atoms with Crippen LogP contribution in [0.1, 0.15) is 17.5 Å². The summed E-state index contributed by atoms with van der Waals surface area (Å²) in [6.45, 7) is 2.20. The van der Waals surface area contributed by atoms with E-state index in [9.17, 15) is 20.0 Å². The predicted octanol–water partition coefficient (Wildman–Crippen LogP) is 0.0289. The summed E-state index contributed by atoms with van der Waals surface area (Å²) >= 11 is 0. The van der Waals surface area contributed by atoms with Crippen molar-refractivity contribution in [2.75, 3.05) is 31.6 Å². The van der Waals surface area contributed by atoms with Gasteiger partial charge in [0.05, 0.1) is 5.60 Å². The first-order valence-electron chi connectivity index (χ1n) is 9.15. The van der Waals surface area contributed by atoms with Crippen LogP contribution < -0.4 is 16.1 Å². The van der Waals surface area contributed by atoms with Gasteiger partial charge in [-0.1, -0.05) is 30.3 Å². The highest BCUT2D eigenvalue weighted by molar-refractivity contribution is 5.53. The molecule has 1 unspecified atom stereocenters. The Bertz CT molecular complexity index is 1020. The highest BCUT2D eigenvalue weighted by Gasteiger charge is 2.38. The number of nitrogens with zero attached hydrogens (tertiary/aromatic N) is 5. The molecule has 1 atom stereocenters. The Morgan fingerprint density at radius 3 is 2.54 bits per heavy atom. The number of likely N-dealkylation sites (tertiary alicyclic amines) is 1. The van der Waals surface area contributed by atoms with Crippen molar-refractivity contribution in [3.05, 3.63) is 62.3 Å². The lowest BCUT2D eigenvalue weighted by Gasteiger charge is -2.31. The molecule has 0 aliphatic carbocycles. The van der Waals surface area contributed by atoms with Crippen molar-refractivity contribution in [2.45, 2.75) is 18.6 Å². The molecular weight excluding hydrogens is 358 g/mol. The van der Waals surface area contributed by atoms with Crippen LogP contribution in [0.3, 0.4) is 0 Å². The zero-order valence-corrected chi connectivity index (χ0v) is 16.4. The first-order chi connectivity index (χ1) is 13.3. The number of β-amino-alcohol motifs (C(OH)–C–C–N with tert-alkyl or cyclic N) is 1. The van der Waals surface area contributed by atoms with Gasteiger partial charge in [0, 0.05) is 47.3 Å². The molecule has 3 rings (SSSR count). The van der Waals surface area contributed by atoms with Crippen molar-refractivity contribution in [3.63, 3.8) is 0 Å². The fraction of sp³-hybridized carbons (Fsp3) is 0.450. The van der Waals surface area contributed by atoms with E-state index >= 15 is 0 Å². The molecule has 0 spiro atoms. The predicted molar refractivity (Wildman–Crippen MR) is 106 cm³/mol. The number of anilines is 1. The van der Waals surface area contributed by atoms with Gasteiger partial charge < -0.3 is 10.0 Å². The van der Waals surface area contributed by atoms with E-state index in [0.717, 1.165) is 17.7 Å². The van der Waals surface area contributed by atoms with Crippen LogP contribution in [0.2, 0.25) is 0 Å². The number of hydrogen-bond donors (Lipinski definition) is 1. The molecule has 1 fully saturated rings. The van der Waals surface area contributed by atoms with E-state index in [2.05, 4.69) is 17.0 Å². The molecule has 1 saturated heterocycles. The van der Waals surface area contributed by atoms with Gasteiger partial charge in [-0.2, -0.15) is 5.26 Å². The summed E-state index contributed by atoms with van der Waals surface area (Å²) in [6.07, 6.45) is 0.574. The summed E-state index contributed by atoms with van der Waals surface area (Å²) in [7, 11) is 4.56. The highest BCUT2D eigenvalue weighted by atomic mass is 16.3. The van der Waals surface area contributed by atoms with Gasteiger partial charge in [0.15, 0.2) is 5.56 Å². The van der Waals surface area contributed by atoms with E-state index in [-0.39, 0.29) is 17.9 Å². The second-order valence-corrected chi connectivity index (χ2v) is 7.54. The van der Waals surface area contributed by atoms with Gasteiger partial charge in [0.25, 0.3) is 5.56 Å². The van der Waals surface area contributed by atoms with E-state index in [1.54, 1.807) is 11.9 Å². The molecule has 8 nitrogen and oxygen atoms in total. The Labute approximate surface area is 163 Å². The van der Waals surface area contributed by atoms with Crippen LogP contribution in [0.4, 0.5) is 5.82 Å². The monoisotopic (exact) mass is 383 g/mol. The Kier molecular flexibility index (Phi) is 5.40. The SMILES string of the molecule is CN(CC1(O)CCN(Cc2ccccc2)C1)c1c(C#N)c(=O)n(C)c(=O)n1C. The van der Waals surface area contributed by atoms with Crippen LogP contribution in [-0.2, 0) is 20.6 Å². The van der Waals surface area contributed by atoms with E-state index in [4.69, 9.17) is 0 Å². The smallest absolute Gasteiger partial charge is 0.332 e. The second kappa shape index (κ2) is 7.62. The van der Waals surface area contributed by atoms with E-state index < -0.39 is 16.9 Å². The maximum Gasteiger partial charge on any atom is 0.332 e. The number of aromatic nitrogens is 2. The van der Waals surface area contributed by atoms with E-state index in [1.807, 2.05) is 24.3 Å². The molecule has 2 aromatic rings. The fourth-order valence-corrected chi connectivity index (χ4v) is 3.94. The molecule has 1 aromatic heterocycles. The number of likely N-dealkylation sites (N-methyl/N-ethyl adjacent to an activating group) is 1. The zero-order valence-electron chi connectivity index (χ0n) is 16.4. The van der Waals surface area contributed by atoms with Gasteiger partial charge in [-0.25, -0.2) is 4.79 Å². The second-order valence-electron chi connectivity index (χ2n) is 7.54. The summed E-state index contributed by atoms with van der Waals surface area (Å²) in [4.78, 5) is 28.4. The van der Waals surface area contributed by atoms with Gasteiger partial charge in [-0.05, 0) is 12.0 Å². The summed E-state index contributed by atoms with van der Waals surface area (Å²) in [6, 6.07) is 12.0. The first kappa shape index (κ1) is 19.9. The molecule has 0 bridgehead atoms. The number of rotatable bonds is 5. The molecule has 8 heteroatoms. The average molecular weight is 383 g/mol. The van der Waals surface area contributed by atoms with Gasteiger partial charge in [0.1, 0.15) is 11.9 Å². The molecule has 0 amide bonds. The van der Waals surface area contributed by atoms with Gasteiger partial charge in [-0.15, -0.1) is 0 Å². The lowest BCUT2D eigenvalue weighted by molar-refractivity contribution is 0.0559. The summed E-state index contributed by atoms with van der Waals surface area (Å²) < 4.78 is 2.20. The average Bonchev–Trinajstić information content (AvgIpc) is 3.03. The van der Waals surface area contributed by atoms with Crippen molar-refractivity contribution < 1.29 is 5.11 Å². The van der Waals surface area contributed by atoms with Crippen LogP contribution in [0.25, 0.3) is 0 Å². The summed E-state index contributed by atoms with van der Waals surface area (Å²) in [5, 5.41) is 20.5. The van der Waals surface area contributed by atoms with E-state index in [0.29, 0.717) is 13.0 Å². The minimum absolute atomic E-state index is 0.102. The van der Waals surface area contributed by atoms with Crippen molar-refractivity contribution >= 4 is 5.82 Å². The number of aliphatic hydroxyl groups is 1. The van der Waals surface area contributed by atoms with E-state index in [1.165, 1.54) is 24.2 Å². The van der Waals surface area contributed by atoms with Crippen molar-refractivity contribution in [1.29, 1.82) is 5.26 Å². The van der Waals surface area contributed by atoms with Gasteiger partial charge in [-0.3, -0.25) is 18.8 Å². The Morgan fingerprint density at radius 2 is 1.89 bits per heavy atom. The molecule has 1 aromatic carbocycles. The standard InChI is InChI=1S/C20H25N5O3/c1-22(17-16(11-21)18(26)24(3)19(27)23(17)2)13-20(28)9-10-25(14-20)12-15-7-5-4-6-8-15/h4-8,28H,9-10,12-14H2,1-3H3. The van der Waals surface area contributed by atoms with Crippen LogP contribution >= 0.6 is 0 Å². The van der Waals surface area contributed by atoms with Crippen LogP contribution in [0.15, 0.2) is 39.9 Å². The molecule has 2 heterocycles. The zero-order chi connectivity index (χ0) is 20.5. The molecule has 0 radical (unpaired) electrons. The largest absolute Gasteiger partial charge is 0.387 e. The molecule has 1 aliphatic heterocycles. The molecular formula is C20H25N5O3. The maximum absolute atomic E-state index is 12.3. The Hall–Kier alpha value is -2.89. The molecule has 0 saturated carbocycles. The highest BCUT2D eigenvalue weighted by Crippen LogP contribution is 2.26. The van der Waals surface area contributed by atoms with Crippen molar-refractivity contribution in [3.8, 4) is 6.07 Å². The number of nitriles is 1. The molecule has 1 aliphatic rings. The number of benzene rings is 1.